The molecular formula is C27H31N5O3. The highest BCUT2D eigenvalue weighted by molar-refractivity contribution is 6.07. The van der Waals surface area contributed by atoms with Gasteiger partial charge < -0.3 is 30.0 Å². The monoisotopic (exact) mass is 473 g/mol. The lowest BCUT2D eigenvalue weighted by Gasteiger charge is -2.25. The Morgan fingerprint density at radius 2 is 2.11 bits per heavy atom. The summed E-state index contributed by atoms with van der Waals surface area (Å²) in [4.78, 5) is 23.8. The molecule has 8 nitrogen and oxygen atoms in total. The molecule has 0 spiro atoms. The number of carbonyl (C=O) groups is 1. The van der Waals surface area contributed by atoms with Crippen LogP contribution < -0.4 is 20.1 Å². The molecule has 6 rings (SSSR count). The number of methoxy groups -OCH3 is 1. The number of H-pyrrole nitrogens is 1. The zero-order chi connectivity index (χ0) is 23.8. The second-order valence-corrected chi connectivity index (χ2v) is 9.68. The molecule has 3 aliphatic rings. The summed E-state index contributed by atoms with van der Waals surface area (Å²) in [5.41, 5.74) is 4.92. The number of fused-ring (bicyclic) bond motifs is 5. The molecule has 2 aromatic heterocycles. The predicted octanol–water partition coefficient (Wildman–Crippen LogP) is 4.15. The van der Waals surface area contributed by atoms with Crippen LogP contribution in [0.5, 0.6) is 11.5 Å². The van der Waals surface area contributed by atoms with Crippen molar-refractivity contribution in [3.8, 4) is 22.8 Å². The summed E-state index contributed by atoms with van der Waals surface area (Å²) >= 11 is 0. The van der Waals surface area contributed by atoms with Crippen molar-refractivity contribution in [3.63, 3.8) is 0 Å². The fourth-order valence-electron chi connectivity index (χ4n) is 5.65. The average Bonchev–Trinajstić information content (AvgIpc) is 3.49. The molecule has 3 aromatic rings. The van der Waals surface area contributed by atoms with E-state index < -0.39 is 0 Å². The number of amides is 1. The van der Waals surface area contributed by atoms with E-state index in [1.807, 2.05) is 30.3 Å². The number of hydrogen-bond donors (Lipinski definition) is 3. The third-order valence-electron chi connectivity index (χ3n) is 7.47. The molecular weight excluding hydrogens is 442 g/mol. The summed E-state index contributed by atoms with van der Waals surface area (Å²) in [6, 6.07) is 9.70. The van der Waals surface area contributed by atoms with Gasteiger partial charge in [-0.25, -0.2) is 0 Å². The van der Waals surface area contributed by atoms with Gasteiger partial charge in [-0.15, -0.1) is 0 Å². The molecule has 5 heterocycles. The molecule has 3 aliphatic heterocycles. The number of nitrogens with one attached hydrogen (secondary N) is 3. The fraction of sp³-hybridized carbons (Fsp3) is 0.407. The zero-order valence-electron chi connectivity index (χ0n) is 20.0. The zero-order valence-corrected chi connectivity index (χ0v) is 20.0. The number of hydrogen-bond acceptors (Lipinski definition) is 6. The van der Waals surface area contributed by atoms with Crippen LogP contribution in [0.3, 0.4) is 0 Å². The highest BCUT2D eigenvalue weighted by atomic mass is 16.5. The van der Waals surface area contributed by atoms with Gasteiger partial charge in [-0.2, -0.15) is 0 Å². The number of pyridine rings is 1. The van der Waals surface area contributed by atoms with E-state index in [-0.39, 0.29) is 11.8 Å². The van der Waals surface area contributed by atoms with Crippen LogP contribution in [0.1, 0.15) is 41.2 Å². The Labute approximate surface area is 205 Å². The van der Waals surface area contributed by atoms with Gasteiger partial charge in [0, 0.05) is 42.4 Å². The van der Waals surface area contributed by atoms with Crippen LogP contribution in [0.25, 0.3) is 11.3 Å². The fourth-order valence-corrected chi connectivity index (χ4v) is 5.65. The molecule has 1 aromatic carbocycles. The third-order valence-corrected chi connectivity index (χ3v) is 7.47. The minimum atomic E-state index is -0.0696. The summed E-state index contributed by atoms with van der Waals surface area (Å²) in [6.45, 7) is 4.58. The van der Waals surface area contributed by atoms with Crippen LogP contribution >= 0.6 is 0 Å². The van der Waals surface area contributed by atoms with Crippen LogP contribution in [0.15, 0.2) is 42.7 Å². The van der Waals surface area contributed by atoms with E-state index in [9.17, 15) is 4.79 Å². The van der Waals surface area contributed by atoms with Crippen molar-refractivity contribution >= 4 is 17.3 Å². The number of nitrogens with zero attached hydrogens (tertiary/aromatic N) is 2. The maximum absolute atomic E-state index is 13.2. The molecule has 8 heteroatoms. The molecule has 0 radical (unpaired) electrons. The van der Waals surface area contributed by atoms with Crippen LogP contribution in [-0.2, 0) is 0 Å². The highest BCUT2D eigenvalue weighted by Gasteiger charge is 2.34. The summed E-state index contributed by atoms with van der Waals surface area (Å²) in [5, 5.41) is 6.66. The maximum Gasteiger partial charge on any atom is 0.255 e. The second-order valence-electron chi connectivity index (χ2n) is 9.68. The molecule has 1 unspecified atom stereocenters. The Bertz CT molecular complexity index is 1240. The van der Waals surface area contributed by atoms with Crippen LogP contribution in [-0.4, -0.2) is 60.7 Å². The number of ether oxygens (including phenoxy) is 2. The van der Waals surface area contributed by atoms with Gasteiger partial charge in [0.2, 0.25) is 0 Å². The quantitative estimate of drug-likeness (QED) is 0.529. The molecule has 0 aliphatic carbocycles. The summed E-state index contributed by atoms with van der Waals surface area (Å²) < 4.78 is 11.9. The predicted molar refractivity (Wildman–Crippen MR) is 135 cm³/mol. The van der Waals surface area contributed by atoms with Gasteiger partial charge >= 0.3 is 0 Å². The molecule has 1 amide bonds. The van der Waals surface area contributed by atoms with E-state index in [1.165, 1.54) is 0 Å². The molecule has 0 saturated carbocycles. The Hall–Kier alpha value is -3.52. The van der Waals surface area contributed by atoms with Crippen molar-refractivity contribution in [2.45, 2.75) is 25.2 Å². The molecule has 1 saturated heterocycles. The molecule has 35 heavy (non-hydrogen) atoms. The molecule has 3 N–H and O–H groups in total. The van der Waals surface area contributed by atoms with Gasteiger partial charge in [0.15, 0.2) is 0 Å². The Morgan fingerprint density at radius 3 is 3.03 bits per heavy atom. The van der Waals surface area contributed by atoms with Gasteiger partial charge in [0.05, 0.1) is 42.5 Å². The number of rotatable bonds is 3. The van der Waals surface area contributed by atoms with Crippen LogP contribution in [0.4, 0.5) is 11.4 Å². The first kappa shape index (κ1) is 22.0. The normalized spacial score (nSPS) is 23.5. The third kappa shape index (κ3) is 4.12. The summed E-state index contributed by atoms with van der Waals surface area (Å²) in [6.07, 6.45) is 6.82. The Kier molecular flexibility index (Phi) is 5.82. The number of aromatic amines is 1. The van der Waals surface area contributed by atoms with Crippen molar-refractivity contribution in [2.24, 2.45) is 5.92 Å². The van der Waals surface area contributed by atoms with Gasteiger partial charge in [-0.3, -0.25) is 9.78 Å². The maximum atomic E-state index is 13.2. The van der Waals surface area contributed by atoms with Crippen LogP contribution in [0.2, 0.25) is 0 Å². The van der Waals surface area contributed by atoms with E-state index in [0.717, 1.165) is 73.0 Å². The lowest BCUT2D eigenvalue weighted by Crippen LogP contribution is -2.35. The van der Waals surface area contributed by atoms with E-state index in [2.05, 4.69) is 25.5 Å². The van der Waals surface area contributed by atoms with Gasteiger partial charge in [-0.1, -0.05) is 12.1 Å². The minimum Gasteiger partial charge on any atom is -0.495 e. The van der Waals surface area contributed by atoms with E-state index in [0.29, 0.717) is 30.4 Å². The van der Waals surface area contributed by atoms with Gasteiger partial charge in [-0.05, 0) is 50.6 Å². The number of aromatic nitrogens is 2. The summed E-state index contributed by atoms with van der Waals surface area (Å²) in [5.74, 6) is 2.11. The minimum absolute atomic E-state index is 0.0696. The highest BCUT2D eigenvalue weighted by Crippen LogP contribution is 2.44. The molecule has 1 fully saturated rings. The van der Waals surface area contributed by atoms with Crippen molar-refractivity contribution in [3.05, 3.63) is 54.0 Å². The Morgan fingerprint density at radius 1 is 1.20 bits per heavy atom. The second kappa shape index (κ2) is 9.26. The first-order valence-electron chi connectivity index (χ1n) is 12.4. The average molecular weight is 474 g/mol. The van der Waals surface area contributed by atoms with Gasteiger partial charge in [0.1, 0.15) is 11.5 Å². The van der Waals surface area contributed by atoms with E-state index in [4.69, 9.17) is 9.47 Å². The Balaban J connectivity index is 1.50. The number of para-hydroxylation sites is 2. The summed E-state index contributed by atoms with van der Waals surface area (Å²) in [7, 11) is 1.65. The lowest BCUT2D eigenvalue weighted by molar-refractivity contribution is 0.0939. The smallest absolute Gasteiger partial charge is 0.255 e. The van der Waals surface area contributed by atoms with E-state index >= 15 is 0 Å². The number of benzene rings is 1. The standard InChI is InChI=1S/C27H31N5O3/c1-34-21-7-3-2-6-20(21)30-26-23-24-18(13-29-27(23)33)5-4-11-32-12-9-17(15-32)16-35-22-14-28-10-8-19(22)25(26)31-24/h2-3,6-8,10,14,17-18,30-31H,4-5,9,11-13,15-16H2,1H3,(H,29,33)/t17-,18+/m1/s1. The largest absolute Gasteiger partial charge is 0.495 e. The van der Waals surface area contributed by atoms with Crippen molar-refractivity contribution in [1.82, 2.24) is 20.2 Å². The number of anilines is 2. The molecule has 3 atom stereocenters. The first-order chi connectivity index (χ1) is 17.2. The van der Waals surface area contributed by atoms with Crippen molar-refractivity contribution < 1.29 is 14.3 Å². The molecule has 182 valence electrons. The first-order valence-corrected chi connectivity index (χ1v) is 12.4. The molecule has 4 bridgehead atoms. The van der Waals surface area contributed by atoms with E-state index in [1.54, 1.807) is 19.5 Å². The van der Waals surface area contributed by atoms with Crippen molar-refractivity contribution in [1.29, 1.82) is 0 Å². The van der Waals surface area contributed by atoms with Crippen LogP contribution in [0, 0.1) is 5.92 Å². The van der Waals surface area contributed by atoms with Gasteiger partial charge in [0.25, 0.3) is 5.91 Å². The van der Waals surface area contributed by atoms with Crippen molar-refractivity contribution in [2.75, 3.05) is 45.2 Å². The lowest BCUT2D eigenvalue weighted by atomic mass is 9.92. The number of carbonyl (C=O) groups excluding carboxylic acids is 1. The SMILES string of the molecule is COc1ccccc1Nc1c2[nH]c3c1C(=O)NC[C@@H]3CCCN1CC[C@@H](COc3cnccc3-2)C1. The topological polar surface area (TPSA) is 91.5 Å².